The zero-order valence-corrected chi connectivity index (χ0v) is 17.0. The average Bonchev–Trinajstić information content (AvgIpc) is 2.87. The molecule has 0 bridgehead atoms. The van der Waals surface area contributed by atoms with Gasteiger partial charge >= 0.3 is 0 Å². The summed E-state index contributed by atoms with van der Waals surface area (Å²) in [5.41, 5.74) is 1.02. The molecule has 2 aromatic carbocycles. The van der Waals surface area contributed by atoms with Gasteiger partial charge < -0.3 is 20.5 Å². The number of hydrogen-bond donors (Lipinski definition) is 3. The number of carbonyl (C=O) groups excluding carboxylic acids is 2. The van der Waals surface area contributed by atoms with Crippen LogP contribution in [0.15, 0.2) is 41.3 Å². The Morgan fingerprint density at radius 2 is 2.14 bits per heavy atom. The van der Waals surface area contributed by atoms with E-state index in [1.165, 1.54) is 0 Å². The number of ether oxygens (including phenoxy) is 1. The van der Waals surface area contributed by atoms with Crippen LogP contribution in [0.1, 0.15) is 16.8 Å². The Bertz CT molecular complexity index is 894. The van der Waals surface area contributed by atoms with E-state index in [1.807, 2.05) is 0 Å². The van der Waals surface area contributed by atoms with Gasteiger partial charge in [0.15, 0.2) is 0 Å². The van der Waals surface area contributed by atoms with Gasteiger partial charge in [-0.3, -0.25) is 9.59 Å². The maximum absolute atomic E-state index is 12.4. The van der Waals surface area contributed by atoms with Crippen molar-refractivity contribution < 1.29 is 19.4 Å². The van der Waals surface area contributed by atoms with Crippen LogP contribution in [-0.4, -0.2) is 41.9 Å². The summed E-state index contributed by atoms with van der Waals surface area (Å²) in [5, 5.41) is 16.1. The number of nitrogens with one attached hydrogen (secondary N) is 2. The highest BCUT2D eigenvalue weighted by Crippen LogP contribution is 2.32. The van der Waals surface area contributed by atoms with Crippen molar-refractivity contribution in [3.05, 3.63) is 52.0 Å². The third-order valence-electron chi connectivity index (χ3n) is 3.95. The van der Waals surface area contributed by atoms with Gasteiger partial charge in [-0.15, -0.1) is 11.8 Å². The number of hydrogen-bond acceptors (Lipinski definition) is 5. The minimum absolute atomic E-state index is 0.00475. The Hall–Kier alpha value is -1.93. The van der Waals surface area contributed by atoms with Crippen LogP contribution in [0.5, 0.6) is 5.75 Å². The van der Waals surface area contributed by atoms with Crippen LogP contribution in [0.25, 0.3) is 0 Å². The van der Waals surface area contributed by atoms with E-state index in [4.69, 9.17) is 27.9 Å². The molecule has 3 N–H and O–H groups in total. The molecule has 0 saturated carbocycles. The van der Waals surface area contributed by atoms with E-state index >= 15 is 0 Å². The van der Waals surface area contributed by atoms with Gasteiger partial charge in [-0.2, -0.15) is 0 Å². The molecular weight excluding hydrogens is 423 g/mol. The van der Waals surface area contributed by atoms with Gasteiger partial charge in [-0.05, 0) is 30.3 Å². The van der Waals surface area contributed by atoms with Gasteiger partial charge in [0.05, 0.1) is 10.7 Å². The molecule has 1 aliphatic rings. The number of fused-ring (bicyclic) bond motifs is 1. The Morgan fingerprint density at radius 3 is 2.96 bits per heavy atom. The molecule has 1 heterocycles. The lowest BCUT2D eigenvalue weighted by molar-refractivity contribution is -0.115. The molecule has 2 amide bonds. The van der Waals surface area contributed by atoms with Gasteiger partial charge in [0.1, 0.15) is 23.5 Å². The molecule has 9 heteroatoms. The number of halogens is 2. The minimum Gasteiger partial charge on any atom is -0.489 e. The highest BCUT2D eigenvalue weighted by Gasteiger charge is 2.17. The van der Waals surface area contributed by atoms with E-state index in [9.17, 15) is 14.7 Å². The SMILES string of the molecule is O=C1CCSc2ccc(C(=O)NCC(O)COc3cccc(Cl)c3Cl)cc2N1. The maximum Gasteiger partial charge on any atom is 0.251 e. The predicted octanol–water partition coefficient (Wildman–Crippen LogP) is 3.60. The third kappa shape index (κ3) is 5.32. The molecule has 6 nitrogen and oxygen atoms in total. The first kappa shape index (κ1) is 20.8. The second kappa shape index (κ2) is 9.52. The van der Waals surface area contributed by atoms with Crippen molar-refractivity contribution >= 4 is 52.5 Å². The molecule has 0 aliphatic carbocycles. The van der Waals surface area contributed by atoms with Gasteiger partial charge in [0.25, 0.3) is 5.91 Å². The molecule has 28 heavy (non-hydrogen) atoms. The van der Waals surface area contributed by atoms with E-state index in [-0.39, 0.29) is 30.0 Å². The smallest absolute Gasteiger partial charge is 0.251 e. The van der Waals surface area contributed by atoms with Crippen molar-refractivity contribution in [2.45, 2.75) is 17.4 Å². The summed E-state index contributed by atoms with van der Waals surface area (Å²) in [7, 11) is 0. The number of carbonyl (C=O) groups is 2. The van der Waals surface area contributed by atoms with Crippen LogP contribution in [-0.2, 0) is 4.79 Å². The number of thioether (sulfide) groups is 1. The molecule has 1 atom stereocenters. The molecule has 0 fully saturated rings. The monoisotopic (exact) mass is 440 g/mol. The lowest BCUT2D eigenvalue weighted by atomic mass is 10.1. The Kier molecular flexibility index (Phi) is 7.07. The molecule has 0 spiro atoms. The zero-order chi connectivity index (χ0) is 20.1. The summed E-state index contributed by atoms with van der Waals surface area (Å²) in [6.07, 6.45) is -0.501. The molecule has 0 saturated heterocycles. The van der Waals surface area contributed by atoms with E-state index in [1.54, 1.807) is 48.2 Å². The molecule has 2 aromatic rings. The molecule has 0 radical (unpaired) electrons. The summed E-state index contributed by atoms with van der Waals surface area (Å²) >= 11 is 13.5. The first-order chi connectivity index (χ1) is 13.4. The molecule has 1 aliphatic heterocycles. The van der Waals surface area contributed by atoms with Gasteiger partial charge in [-0.1, -0.05) is 29.3 Å². The number of rotatable bonds is 6. The lowest BCUT2D eigenvalue weighted by Crippen LogP contribution is -2.35. The second-order valence-electron chi connectivity index (χ2n) is 6.08. The predicted molar refractivity (Wildman–Crippen MR) is 111 cm³/mol. The number of amides is 2. The lowest BCUT2D eigenvalue weighted by Gasteiger charge is -2.15. The van der Waals surface area contributed by atoms with E-state index in [2.05, 4.69) is 10.6 Å². The normalized spacial score (nSPS) is 14.5. The summed E-state index contributed by atoms with van der Waals surface area (Å²) in [5.74, 6) is 0.633. The Labute approximate surface area is 176 Å². The van der Waals surface area contributed by atoms with Crippen molar-refractivity contribution in [3.8, 4) is 5.75 Å². The molecule has 3 rings (SSSR count). The Balaban J connectivity index is 1.53. The van der Waals surface area contributed by atoms with Crippen molar-refractivity contribution in [3.63, 3.8) is 0 Å². The number of benzene rings is 2. The number of anilines is 1. The van der Waals surface area contributed by atoms with E-state index in [0.29, 0.717) is 34.2 Å². The third-order valence-corrected chi connectivity index (χ3v) is 5.82. The minimum atomic E-state index is -0.935. The van der Waals surface area contributed by atoms with Gasteiger partial charge in [0.2, 0.25) is 5.91 Å². The summed E-state index contributed by atoms with van der Waals surface area (Å²) in [6.45, 7) is -0.0631. The maximum atomic E-state index is 12.4. The van der Waals surface area contributed by atoms with Gasteiger partial charge in [-0.25, -0.2) is 0 Å². The van der Waals surface area contributed by atoms with Crippen molar-refractivity contribution in [2.24, 2.45) is 0 Å². The Morgan fingerprint density at radius 1 is 1.32 bits per heavy atom. The molecular formula is C19H18Cl2N2O4S. The summed E-state index contributed by atoms with van der Waals surface area (Å²) in [6, 6.07) is 10.1. The summed E-state index contributed by atoms with van der Waals surface area (Å²) < 4.78 is 5.45. The molecule has 1 unspecified atom stereocenters. The van der Waals surface area contributed by atoms with Crippen LogP contribution in [0, 0.1) is 0 Å². The molecule has 0 aromatic heterocycles. The first-order valence-electron chi connectivity index (χ1n) is 8.54. The highest BCUT2D eigenvalue weighted by molar-refractivity contribution is 7.99. The van der Waals surface area contributed by atoms with E-state index < -0.39 is 6.10 Å². The fourth-order valence-corrected chi connectivity index (χ4v) is 3.80. The second-order valence-corrected chi connectivity index (χ2v) is 8.01. The van der Waals surface area contributed by atoms with Crippen LogP contribution in [0.2, 0.25) is 10.0 Å². The summed E-state index contributed by atoms with van der Waals surface area (Å²) in [4.78, 5) is 25.0. The van der Waals surface area contributed by atoms with Crippen LogP contribution >= 0.6 is 35.0 Å². The van der Waals surface area contributed by atoms with Gasteiger partial charge in [0, 0.05) is 29.2 Å². The van der Waals surface area contributed by atoms with Crippen LogP contribution in [0.4, 0.5) is 5.69 Å². The zero-order valence-electron chi connectivity index (χ0n) is 14.7. The van der Waals surface area contributed by atoms with Crippen LogP contribution < -0.4 is 15.4 Å². The number of aliphatic hydroxyl groups excluding tert-OH is 1. The van der Waals surface area contributed by atoms with Crippen molar-refractivity contribution in [2.75, 3.05) is 24.2 Å². The topological polar surface area (TPSA) is 87.7 Å². The fourth-order valence-electron chi connectivity index (χ4n) is 2.51. The number of aliphatic hydroxyl groups is 1. The van der Waals surface area contributed by atoms with Crippen molar-refractivity contribution in [1.29, 1.82) is 0 Å². The standard InChI is InChI=1S/C19H18Cl2N2O4S/c20-13-2-1-3-15(18(13)21)27-10-12(24)9-22-19(26)11-4-5-16-14(8-11)23-17(25)6-7-28-16/h1-5,8,12,24H,6-7,9-10H2,(H,22,26)(H,23,25). The van der Waals surface area contributed by atoms with E-state index in [0.717, 1.165) is 4.90 Å². The van der Waals surface area contributed by atoms with Crippen LogP contribution in [0.3, 0.4) is 0 Å². The first-order valence-corrected chi connectivity index (χ1v) is 10.3. The highest BCUT2D eigenvalue weighted by atomic mass is 35.5. The quantitative estimate of drug-likeness (QED) is 0.638. The van der Waals surface area contributed by atoms with Crippen molar-refractivity contribution in [1.82, 2.24) is 5.32 Å². The largest absolute Gasteiger partial charge is 0.489 e. The molecule has 148 valence electrons. The fraction of sp³-hybridized carbons (Fsp3) is 0.263. The average molecular weight is 441 g/mol.